The second kappa shape index (κ2) is 6.76. The average Bonchev–Trinajstić information content (AvgIpc) is 2.26. The van der Waals surface area contributed by atoms with Gasteiger partial charge in [0.05, 0.1) is 18.2 Å². The number of ether oxygens (including phenoxy) is 1. The minimum atomic E-state index is -0.168. The Morgan fingerprint density at radius 2 is 1.94 bits per heavy atom. The normalized spacial score (nSPS) is 13.7. The van der Waals surface area contributed by atoms with Crippen molar-refractivity contribution < 1.29 is 4.74 Å². The zero-order valence-electron chi connectivity index (χ0n) is 11.4. The lowest BCUT2D eigenvalue weighted by Crippen LogP contribution is -2.30. The van der Waals surface area contributed by atoms with Crippen molar-refractivity contribution in [2.75, 3.05) is 13.2 Å². The summed E-state index contributed by atoms with van der Waals surface area (Å²) in [6.07, 6.45) is 0. The average molecular weight is 290 g/mol. The van der Waals surface area contributed by atoms with Crippen LogP contribution in [0.4, 0.5) is 0 Å². The Hall–Kier alpha value is -0.280. The molecule has 4 heteroatoms. The topological polar surface area (TPSA) is 21.3 Å². The summed E-state index contributed by atoms with van der Waals surface area (Å²) >= 11 is 12.2. The van der Waals surface area contributed by atoms with E-state index in [1.165, 1.54) is 0 Å². The Morgan fingerprint density at radius 3 is 2.50 bits per heavy atom. The van der Waals surface area contributed by atoms with Gasteiger partial charge in [-0.25, -0.2) is 0 Å². The highest BCUT2D eigenvalue weighted by Gasteiger charge is 2.18. The zero-order valence-corrected chi connectivity index (χ0v) is 12.9. The smallest absolute Gasteiger partial charge is 0.0669 e. The summed E-state index contributed by atoms with van der Waals surface area (Å²) in [6.45, 7) is 9.59. The lowest BCUT2D eigenvalue weighted by molar-refractivity contribution is -0.0146. The predicted octanol–water partition coefficient (Wildman–Crippen LogP) is 4.46. The van der Waals surface area contributed by atoms with Gasteiger partial charge in [-0.3, -0.25) is 0 Å². The number of nitrogens with one attached hydrogen (secondary N) is 1. The molecule has 1 N–H and O–H groups in total. The van der Waals surface area contributed by atoms with E-state index in [9.17, 15) is 0 Å². The van der Waals surface area contributed by atoms with Crippen LogP contribution in [0, 0.1) is 0 Å². The van der Waals surface area contributed by atoms with Crippen LogP contribution < -0.4 is 5.32 Å². The highest BCUT2D eigenvalue weighted by molar-refractivity contribution is 6.33. The molecule has 0 bridgehead atoms. The van der Waals surface area contributed by atoms with Gasteiger partial charge in [-0.1, -0.05) is 30.1 Å². The second-order valence-electron chi connectivity index (χ2n) is 5.20. The van der Waals surface area contributed by atoms with Crippen LogP contribution in [0.25, 0.3) is 0 Å². The molecule has 2 nitrogen and oxygen atoms in total. The highest BCUT2D eigenvalue weighted by Crippen LogP contribution is 2.27. The van der Waals surface area contributed by atoms with Gasteiger partial charge in [0.1, 0.15) is 0 Å². The molecule has 0 amide bonds. The number of hydrogen-bond donors (Lipinski definition) is 1. The van der Waals surface area contributed by atoms with Gasteiger partial charge in [-0.05, 0) is 51.1 Å². The fraction of sp³-hybridized carbons (Fsp3) is 0.571. The van der Waals surface area contributed by atoms with Gasteiger partial charge in [0.2, 0.25) is 0 Å². The summed E-state index contributed by atoms with van der Waals surface area (Å²) in [5, 5.41) is 4.77. The summed E-state index contributed by atoms with van der Waals surface area (Å²) in [5.41, 5.74) is 0.814. The lowest BCUT2D eigenvalue weighted by atomic mass is 10.1. The Labute approximate surface area is 120 Å². The molecule has 1 unspecified atom stereocenters. The van der Waals surface area contributed by atoms with E-state index in [0.717, 1.165) is 12.1 Å². The molecule has 0 aliphatic heterocycles. The molecule has 0 heterocycles. The molecule has 0 radical (unpaired) electrons. The quantitative estimate of drug-likeness (QED) is 0.864. The van der Waals surface area contributed by atoms with E-state index < -0.39 is 0 Å². The third-order valence-corrected chi connectivity index (χ3v) is 3.05. The van der Waals surface area contributed by atoms with Crippen molar-refractivity contribution in [1.29, 1.82) is 0 Å². The van der Waals surface area contributed by atoms with Crippen molar-refractivity contribution in [3.8, 4) is 0 Å². The predicted molar refractivity (Wildman–Crippen MR) is 78.6 cm³/mol. The summed E-state index contributed by atoms with van der Waals surface area (Å²) in [7, 11) is 0. The van der Waals surface area contributed by atoms with E-state index in [1.54, 1.807) is 6.07 Å². The molecule has 0 spiro atoms. The molecule has 18 heavy (non-hydrogen) atoms. The fourth-order valence-corrected chi connectivity index (χ4v) is 2.05. The van der Waals surface area contributed by atoms with E-state index in [-0.39, 0.29) is 11.6 Å². The summed E-state index contributed by atoms with van der Waals surface area (Å²) in [4.78, 5) is 0. The van der Waals surface area contributed by atoms with Crippen molar-refractivity contribution in [3.05, 3.63) is 33.8 Å². The summed E-state index contributed by atoms with van der Waals surface area (Å²) in [5.74, 6) is 0. The lowest BCUT2D eigenvalue weighted by Gasteiger charge is -2.26. The molecule has 1 aromatic carbocycles. The van der Waals surface area contributed by atoms with Gasteiger partial charge >= 0.3 is 0 Å². The molecule has 0 aromatic heterocycles. The van der Waals surface area contributed by atoms with Crippen LogP contribution >= 0.6 is 23.2 Å². The minimum absolute atomic E-state index is 0.0559. The van der Waals surface area contributed by atoms with E-state index in [1.807, 2.05) is 32.9 Å². The Bertz CT molecular complexity index is 388. The Balaban J connectivity index is 2.86. The van der Waals surface area contributed by atoms with Gasteiger partial charge in [-0.2, -0.15) is 0 Å². The zero-order chi connectivity index (χ0) is 13.8. The van der Waals surface area contributed by atoms with Crippen LogP contribution in [0.1, 0.15) is 39.3 Å². The van der Waals surface area contributed by atoms with E-state index in [4.69, 9.17) is 27.9 Å². The largest absolute Gasteiger partial charge is 0.374 e. The van der Waals surface area contributed by atoms with Gasteiger partial charge in [0, 0.05) is 10.0 Å². The van der Waals surface area contributed by atoms with Crippen LogP contribution in [-0.2, 0) is 4.74 Å². The molecule has 0 fully saturated rings. The molecule has 0 aliphatic carbocycles. The molecule has 1 rings (SSSR count). The second-order valence-corrected chi connectivity index (χ2v) is 6.04. The number of halogens is 2. The molecule has 0 aliphatic rings. The SMILES string of the molecule is CCNC(COC(C)(C)C)c1cc(Cl)ccc1Cl. The Kier molecular flexibility index (Phi) is 5.93. The third-order valence-electron chi connectivity index (χ3n) is 2.47. The van der Waals surface area contributed by atoms with Crippen molar-refractivity contribution >= 4 is 23.2 Å². The van der Waals surface area contributed by atoms with Crippen molar-refractivity contribution in [2.24, 2.45) is 0 Å². The molecule has 0 saturated heterocycles. The van der Waals surface area contributed by atoms with Gasteiger partial charge < -0.3 is 10.1 Å². The Morgan fingerprint density at radius 1 is 1.28 bits per heavy atom. The van der Waals surface area contributed by atoms with Crippen LogP contribution in [-0.4, -0.2) is 18.8 Å². The fourth-order valence-electron chi connectivity index (χ4n) is 1.62. The van der Waals surface area contributed by atoms with Gasteiger partial charge in [0.15, 0.2) is 0 Å². The molecule has 1 atom stereocenters. The summed E-state index contributed by atoms with van der Waals surface area (Å²) in [6, 6.07) is 5.56. The first-order valence-electron chi connectivity index (χ1n) is 6.16. The maximum absolute atomic E-state index is 6.22. The molecule has 102 valence electrons. The van der Waals surface area contributed by atoms with Crippen LogP contribution in [0.15, 0.2) is 18.2 Å². The number of likely N-dealkylation sites (N-methyl/N-ethyl adjacent to an activating group) is 1. The summed E-state index contributed by atoms with van der Waals surface area (Å²) < 4.78 is 5.83. The standard InChI is InChI=1S/C14H21Cl2NO/c1-5-17-13(9-18-14(2,3)4)11-8-10(15)6-7-12(11)16/h6-8,13,17H,5,9H2,1-4H3. The first-order chi connectivity index (χ1) is 8.33. The first kappa shape index (κ1) is 15.8. The minimum Gasteiger partial charge on any atom is -0.374 e. The van der Waals surface area contributed by atoms with Gasteiger partial charge in [-0.15, -0.1) is 0 Å². The molecule has 1 aromatic rings. The first-order valence-corrected chi connectivity index (χ1v) is 6.91. The van der Waals surface area contributed by atoms with Crippen molar-refractivity contribution in [3.63, 3.8) is 0 Å². The van der Waals surface area contributed by atoms with Crippen LogP contribution in [0.5, 0.6) is 0 Å². The number of rotatable bonds is 5. The van der Waals surface area contributed by atoms with Gasteiger partial charge in [0.25, 0.3) is 0 Å². The van der Waals surface area contributed by atoms with Crippen LogP contribution in [0.3, 0.4) is 0 Å². The molecule has 0 saturated carbocycles. The highest BCUT2D eigenvalue weighted by atomic mass is 35.5. The molecular weight excluding hydrogens is 269 g/mol. The molecular formula is C14H21Cl2NO. The maximum atomic E-state index is 6.22. The maximum Gasteiger partial charge on any atom is 0.0669 e. The van der Waals surface area contributed by atoms with Crippen molar-refractivity contribution in [1.82, 2.24) is 5.32 Å². The third kappa shape index (κ3) is 5.15. The van der Waals surface area contributed by atoms with Crippen LogP contribution in [0.2, 0.25) is 10.0 Å². The number of hydrogen-bond acceptors (Lipinski definition) is 2. The van der Waals surface area contributed by atoms with E-state index >= 15 is 0 Å². The monoisotopic (exact) mass is 289 g/mol. The van der Waals surface area contributed by atoms with E-state index in [2.05, 4.69) is 12.2 Å². The van der Waals surface area contributed by atoms with E-state index in [0.29, 0.717) is 16.7 Å². The number of benzene rings is 1. The van der Waals surface area contributed by atoms with Crippen molar-refractivity contribution in [2.45, 2.75) is 39.3 Å².